The molecule has 4 N–H and O–H groups in total. The van der Waals surface area contributed by atoms with Crippen LogP contribution in [0.1, 0.15) is 42.0 Å². The molecule has 6 nitrogen and oxygen atoms in total. The lowest BCUT2D eigenvalue weighted by Crippen LogP contribution is -2.15. The van der Waals surface area contributed by atoms with Gasteiger partial charge in [0.05, 0.1) is 5.69 Å². The minimum absolute atomic E-state index is 0.154. The molecule has 0 radical (unpaired) electrons. The molecule has 1 aliphatic rings. The number of aromatic nitrogens is 2. The molecule has 0 aliphatic heterocycles. The first-order valence-corrected chi connectivity index (χ1v) is 12.4. The summed E-state index contributed by atoms with van der Waals surface area (Å²) in [5.41, 5.74) is 7.94. The van der Waals surface area contributed by atoms with Crippen LogP contribution in [0.3, 0.4) is 0 Å². The minimum atomic E-state index is 0.154. The molecule has 5 rings (SSSR count). The van der Waals surface area contributed by atoms with Crippen molar-refractivity contribution in [2.75, 3.05) is 11.9 Å². The molecule has 0 bridgehead atoms. The number of fused-ring (bicyclic) bond motifs is 3. The molecule has 1 atom stereocenters. The summed E-state index contributed by atoms with van der Waals surface area (Å²) in [4.78, 5) is 9.48. The second-order valence-corrected chi connectivity index (χ2v) is 8.68. The molecule has 1 aromatic heterocycles. The van der Waals surface area contributed by atoms with Gasteiger partial charge < -0.3 is 10.4 Å². The molecule has 3 aromatic carbocycles. The maximum atomic E-state index is 9.08. The Labute approximate surface area is 214 Å². The van der Waals surface area contributed by atoms with Crippen LogP contribution in [-0.4, -0.2) is 32.2 Å². The van der Waals surface area contributed by atoms with Crippen molar-refractivity contribution in [1.29, 1.82) is 0 Å². The van der Waals surface area contributed by atoms with Gasteiger partial charge in [-0.1, -0.05) is 78.3 Å². The van der Waals surface area contributed by atoms with E-state index in [9.17, 15) is 0 Å². The zero-order chi connectivity index (χ0) is 25.2. The number of nitrogens with zero attached hydrogens (tertiary/aromatic N) is 2. The van der Waals surface area contributed by atoms with Crippen LogP contribution in [-0.2, 0) is 12.8 Å². The summed E-state index contributed by atoms with van der Waals surface area (Å²) in [6.45, 7) is 4.15. The van der Waals surface area contributed by atoms with Gasteiger partial charge in [-0.25, -0.2) is 9.97 Å². The van der Waals surface area contributed by atoms with Gasteiger partial charge in [0.2, 0.25) is 5.95 Å². The molecule has 1 aliphatic carbocycles. The molecule has 182 valence electrons. The second-order valence-electron chi connectivity index (χ2n) is 7.76. The Kier molecular flexibility index (Phi) is 9.93. The van der Waals surface area contributed by atoms with E-state index in [1.165, 1.54) is 11.1 Å². The highest BCUT2D eigenvalue weighted by Gasteiger charge is 2.27. The maximum absolute atomic E-state index is 9.08. The SMILES string of the molecule is CC.OCCc1ccc(Nc2ncc3c(n2)-c2ccccc2C(c2cccc(Br)c2)C3)cc1.OO. The Morgan fingerprint density at radius 3 is 2.43 bits per heavy atom. The smallest absolute Gasteiger partial charge is 0.227 e. The van der Waals surface area contributed by atoms with Gasteiger partial charge in [-0.15, -0.1) is 0 Å². The minimum Gasteiger partial charge on any atom is -0.396 e. The van der Waals surface area contributed by atoms with Crippen LogP contribution < -0.4 is 5.32 Å². The quantitative estimate of drug-likeness (QED) is 0.163. The highest BCUT2D eigenvalue weighted by atomic mass is 79.9. The fourth-order valence-electron chi connectivity index (χ4n) is 4.23. The van der Waals surface area contributed by atoms with Crippen molar-refractivity contribution in [3.8, 4) is 11.3 Å². The van der Waals surface area contributed by atoms with Gasteiger partial charge in [-0.3, -0.25) is 10.5 Å². The molecule has 1 heterocycles. The number of halogens is 1. The van der Waals surface area contributed by atoms with Gasteiger partial charge in [0.25, 0.3) is 0 Å². The van der Waals surface area contributed by atoms with Crippen molar-refractivity contribution >= 4 is 27.6 Å². The number of anilines is 2. The van der Waals surface area contributed by atoms with E-state index in [-0.39, 0.29) is 12.5 Å². The monoisotopic (exact) mass is 535 g/mol. The van der Waals surface area contributed by atoms with E-state index in [4.69, 9.17) is 20.6 Å². The number of rotatable bonds is 5. The van der Waals surface area contributed by atoms with E-state index in [0.717, 1.165) is 39.0 Å². The topological polar surface area (TPSA) is 98.5 Å². The van der Waals surface area contributed by atoms with Gasteiger partial charge in [-0.05, 0) is 59.4 Å². The first kappa shape index (κ1) is 26.5. The third kappa shape index (κ3) is 6.32. The summed E-state index contributed by atoms with van der Waals surface area (Å²) in [5, 5.41) is 24.4. The standard InChI is InChI=1S/C26H22BrN3O.C2H6.H2O2/c27-20-5-3-4-18(14-20)24-15-19-16-28-26(29-21-10-8-17(9-11-21)12-13-31)30-25(19)23-7-2-1-6-22(23)24;2*1-2/h1-11,14,16,24,31H,12-13,15H2,(H,28,29,30);1-2H3;1-2H. The lowest BCUT2D eigenvalue weighted by atomic mass is 9.78. The van der Waals surface area contributed by atoms with E-state index < -0.39 is 0 Å². The number of nitrogens with one attached hydrogen (secondary N) is 1. The highest BCUT2D eigenvalue weighted by molar-refractivity contribution is 9.10. The van der Waals surface area contributed by atoms with Gasteiger partial charge in [-0.2, -0.15) is 0 Å². The summed E-state index contributed by atoms with van der Waals surface area (Å²) in [7, 11) is 0. The highest BCUT2D eigenvalue weighted by Crippen LogP contribution is 2.42. The number of hydrogen-bond acceptors (Lipinski definition) is 6. The zero-order valence-corrected chi connectivity index (χ0v) is 21.4. The summed E-state index contributed by atoms with van der Waals surface area (Å²) in [6, 6.07) is 25.1. The molecule has 35 heavy (non-hydrogen) atoms. The van der Waals surface area contributed by atoms with Crippen LogP contribution in [0, 0.1) is 0 Å². The number of aliphatic hydroxyl groups excluding tert-OH is 1. The maximum Gasteiger partial charge on any atom is 0.227 e. The molecule has 1 unspecified atom stereocenters. The number of benzene rings is 3. The van der Waals surface area contributed by atoms with Crippen molar-refractivity contribution in [2.45, 2.75) is 32.6 Å². The van der Waals surface area contributed by atoms with Crippen LogP contribution in [0.4, 0.5) is 11.6 Å². The predicted molar refractivity (Wildman–Crippen MR) is 144 cm³/mol. The Bertz CT molecular complexity index is 1230. The predicted octanol–water partition coefficient (Wildman–Crippen LogP) is 6.92. The van der Waals surface area contributed by atoms with Gasteiger partial charge >= 0.3 is 0 Å². The van der Waals surface area contributed by atoms with Gasteiger partial charge in [0.1, 0.15) is 0 Å². The first-order chi connectivity index (χ1) is 17.2. The average Bonchev–Trinajstić information content (AvgIpc) is 2.92. The first-order valence-electron chi connectivity index (χ1n) is 11.6. The van der Waals surface area contributed by atoms with Crippen molar-refractivity contribution in [1.82, 2.24) is 9.97 Å². The third-order valence-corrected chi connectivity index (χ3v) is 6.23. The fraction of sp³-hybridized carbons (Fsp3) is 0.214. The molecule has 0 amide bonds. The molecule has 7 heteroatoms. The van der Waals surface area contributed by atoms with E-state index >= 15 is 0 Å². The van der Waals surface area contributed by atoms with E-state index in [1.54, 1.807) is 0 Å². The lowest BCUT2D eigenvalue weighted by molar-refractivity contribution is -0.176. The van der Waals surface area contributed by atoms with Gasteiger partial charge in [0.15, 0.2) is 0 Å². The van der Waals surface area contributed by atoms with Crippen LogP contribution in [0.15, 0.2) is 83.5 Å². The van der Waals surface area contributed by atoms with Gasteiger partial charge in [0, 0.05) is 34.4 Å². The Morgan fingerprint density at radius 2 is 1.71 bits per heavy atom. The Morgan fingerprint density at radius 1 is 0.971 bits per heavy atom. The molecular formula is C28H30BrN3O3. The third-order valence-electron chi connectivity index (χ3n) is 5.74. The van der Waals surface area contributed by atoms with Crippen LogP contribution in [0.25, 0.3) is 11.3 Å². The summed E-state index contributed by atoms with van der Waals surface area (Å²) >= 11 is 3.61. The van der Waals surface area contributed by atoms with Crippen LogP contribution in [0.5, 0.6) is 0 Å². The molecule has 0 fully saturated rings. The van der Waals surface area contributed by atoms with E-state index in [2.05, 4.69) is 74.8 Å². The average molecular weight is 536 g/mol. The normalized spacial score (nSPS) is 13.3. The van der Waals surface area contributed by atoms with E-state index in [0.29, 0.717) is 12.4 Å². The van der Waals surface area contributed by atoms with Crippen LogP contribution in [0.2, 0.25) is 0 Å². The molecule has 4 aromatic rings. The second kappa shape index (κ2) is 13.1. The fourth-order valence-corrected chi connectivity index (χ4v) is 4.65. The Hall–Kier alpha value is -3.10. The van der Waals surface area contributed by atoms with Crippen LogP contribution >= 0.6 is 15.9 Å². The molecule has 0 saturated heterocycles. The number of hydrogen-bond donors (Lipinski definition) is 4. The largest absolute Gasteiger partial charge is 0.396 e. The number of aliphatic hydroxyl groups is 1. The van der Waals surface area contributed by atoms with Crippen molar-refractivity contribution < 1.29 is 15.6 Å². The van der Waals surface area contributed by atoms with Crippen molar-refractivity contribution in [2.24, 2.45) is 0 Å². The summed E-state index contributed by atoms with van der Waals surface area (Å²) in [5.74, 6) is 0.868. The van der Waals surface area contributed by atoms with Crippen molar-refractivity contribution in [3.05, 3.63) is 106 Å². The Balaban J connectivity index is 0.000000815. The summed E-state index contributed by atoms with van der Waals surface area (Å²) < 4.78 is 1.09. The molecule has 0 saturated carbocycles. The summed E-state index contributed by atoms with van der Waals surface area (Å²) in [6.07, 6.45) is 3.48. The van der Waals surface area contributed by atoms with Crippen molar-refractivity contribution in [3.63, 3.8) is 0 Å². The molecular weight excluding hydrogens is 506 g/mol. The zero-order valence-electron chi connectivity index (χ0n) is 19.8. The lowest BCUT2D eigenvalue weighted by Gasteiger charge is -2.27. The molecule has 0 spiro atoms. The van der Waals surface area contributed by atoms with E-state index in [1.807, 2.05) is 44.3 Å².